The monoisotopic (exact) mass is 264 g/mol. The van der Waals surface area contributed by atoms with Gasteiger partial charge in [0.25, 0.3) is 0 Å². The van der Waals surface area contributed by atoms with E-state index in [0.717, 1.165) is 25.2 Å². The molecule has 1 aromatic rings. The number of anilines is 1. The van der Waals surface area contributed by atoms with Gasteiger partial charge in [0.2, 0.25) is 0 Å². The highest BCUT2D eigenvalue weighted by molar-refractivity contribution is 5.49. The summed E-state index contributed by atoms with van der Waals surface area (Å²) < 4.78 is 13.7. The zero-order valence-electron chi connectivity index (χ0n) is 12.4. The van der Waals surface area contributed by atoms with Gasteiger partial charge in [-0.25, -0.2) is 4.39 Å². The van der Waals surface area contributed by atoms with E-state index in [0.29, 0.717) is 23.6 Å². The van der Waals surface area contributed by atoms with Crippen LogP contribution in [0.25, 0.3) is 0 Å². The van der Waals surface area contributed by atoms with Crippen molar-refractivity contribution in [1.82, 2.24) is 5.32 Å². The van der Waals surface area contributed by atoms with Gasteiger partial charge in [0, 0.05) is 24.3 Å². The second-order valence-electron chi connectivity index (χ2n) is 5.68. The van der Waals surface area contributed by atoms with Crippen LogP contribution in [0.15, 0.2) is 18.2 Å². The SMILES string of the molecule is CCNC1CCN(c2ccc(C)c(F)c2)C(C)C1C. The van der Waals surface area contributed by atoms with Gasteiger partial charge in [0.15, 0.2) is 0 Å². The number of nitrogens with zero attached hydrogens (tertiary/aromatic N) is 1. The van der Waals surface area contributed by atoms with E-state index in [1.54, 1.807) is 6.07 Å². The fourth-order valence-corrected chi connectivity index (χ4v) is 3.04. The number of rotatable bonds is 3. The summed E-state index contributed by atoms with van der Waals surface area (Å²) >= 11 is 0. The Bertz CT molecular complexity index is 433. The first-order chi connectivity index (χ1) is 9.04. The van der Waals surface area contributed by atoms with E-state index >= 15 is 0 Å². The number of halogens is 1. The number of nitrogens with one attached hydrogen (secondary N) is 1. The van der Waals surface area contributed by atoms with Crippen molar-refractivity contribution < 1.29 is 4.39 Å². The summed E-state index contributed by atoms with van der Waals surface area (Å²) in [6.07, 6.45) is 1.12. The Labute approximate surface area is 116 Å². The standard InChI is InChI=1S/C16H25FN2/c1-5-18-16-8-9-19(13(4)12(16)3)14-7-6-11(2)15(17)10-14/h6-7,10,12-13,16,18H,5,8-9H2,1-4H3. The highest BCUT2D eigenvalue weighted by Gasteiger charge is 2.32. The van der Waals surface area contributed by atoms with Crippen molar-refractivity contribution in [2.45, 2.75) is 46.2 Å². The zero-order chi connectivity index (χ0) is 14.0. The molecule has 3 unspecified atom stereocenters. The first kappa shape index (κ1) is 14.3. The van der Waals surface area contributed by atoms with Gasteiger partial charge >= 0.3 is 0 Å². The van der Waals surface area contributed by atoms with Crippen molar-refractivity contribution >= 4 is 5.69 Å². The number of hydrogen-bond donors (Lipinski definition) is 1. The van der Waals surface area contributed by atoms with Crippen LogP contribution in [0.4, 0.5) is 10.1 Å². The minimum Gasteiger partial charge on any atom is -0.368 e. The molecule has 106 valence electrons. The molecule has 0 saturated carbocycles. The molecule has 0 aliphatic carbocycles. The van der Waals surface area contributed by atoms with E-state index in [4.69, 9.17) is 0 Å². The fourth-order valence-electron chi connectivity index (χ4n) is 3.04. The van der Waals surface area contributed by atoms with Gasteiger partial charge in [-0.2, -0.15) is 0 Å². The van der Waals surface area contributed by atoms with Crippen LogP contribution < -0.4 is 10.2 Å². The van der Waals surface area contributed by atoms with E-state index in [1.807, 2.05) is 19.1 Å². The Kier molecular flexibility index (Phi) is 4.46. The first-order valence-electron chi connectivity index (χ1n) is 7.30. The average Bonchev–Trinajstić information content (AvgIpc) is 2.39. The Morgan fingerprint density at radius 2 is 2.11 bits per heavy atom. The molecule has 0 amide bonds. The molecule has 1 N–H and O–H groups in total. The van der Waals surface area contributed by atoms with Gasteiger partial charge in [-0.15, -0.1) is 0 Å². The topological polar surface area (TPSA) is 15.3 Å². The van der Waals surface area contributed by atoms with Gasteiger partial charge in [0.1, 0.15) is 5.82 Å². The van der Waals surface area contributed by atoms with Crippen molar-refractivity contribution in [1.29, 1.82) is 0 Å². The van der Waals surface area contributed by atoms with E-state index in [2.05, 4.69) is 31.0 Å². The third kappa shape index (κ3) is 2.92. The molecule has 1 aliphatic rings. The average molecular weight is 264 g/mol. The molecule has 2 rings (SSSR count). The van der Waals surface area contributed by atoms with E-state index < -0.39 is 0 Å². The summed E-state index contributed by atoms with van der Waals surface area (Å²) in [7, 11) is 0. The van der Waals surface area contributed by atoms with Crippen LogP contribution in [-0.4, -0.2) is 25.2 Å². The smallest absolute Gasteiger partial charge is 0.128 e. The Balaban J connectivity index is 2.15. The van der Waals surface area contributed by atoms with Crippen molar-refractivity contribution in [3.63, 3.8) is 0 Å². The molecule has 1 aromatic carbocycles. The lowest BCUT2D eigenvalue weighted by Gasteiger charge is -2.44. The summed E-state index contributed by atoms with van der Waals surface area (Å²) in [5.74, 6) is 0.462. The minimum absolute atomic E-state index is 0.105. The maximum Gasteiger partial charge on any atom is 0.128 e. The highest BCUT2D eigenvalue weighted by Crippen LogP contribution is 2.29. The maximum atomic E-state index is 13.7. The van der Waals surface area contributed by atoms with Gasteiger partial charge in [-0.3, -0.25) is 0 Å². The van der Waals surface area contributed by atoms with Crippen molar-refractivity contribution in [3.8, 4) is 0 Å². The molecular formula is C16H25FN2. The van der Waals surface area contributed by atoms with Crippen molar-refractivity contribution in [3.05, 3.63) is 29.6 Å². The largest absolute Gasteiger partial charge is 0.368 e. The van der Waals surface area contributed by atoms with Crippen molar-refractivity contribution in [2.75, 3.05) is 18.0 Å². The van der Waals surface area contributed by atoms with Crippen LogP contribution in [0.2, 0.25) is 0 Å². The van der Waals surface area contributed by atoms with E-state index in [9.17, 15) is 4.39 Å². The van der Waals surface area contributed by atoms with Crippen molar-refractivity contribution in [2.24, 2.45) is 5.92 Å². The van der Waals surface area contributed by atoms with Crippen LogP contribution in [0.5, 0.6) is 0 Å². The van der Waals surface area contributed by atoms with Crippen LogP contribution in [0.1, 0.15) is 32.8 Å². The molecule has 3 heteroatoms. The maximum absolute atomic E-state index is 13.7. The zero-order valence-corrected chi connectivity index (χ0v) is 12.4. The summed E-state index contributed by atoms with van der Waals surface area (Å²) in [5.41, 5.74) is 1.73. The number of benzene rings is 1. The molecule has 2 nitrogen and oxygen atoms in total. The normalized spacial score (nSPS) is 27.6. The van der Waals surface area contributed by atoms with Gasteiger partial charge < -0.3 is 10.2 Å². The van der Waals surface area contributed by atoms with Gasteiger partial charge in [-0.05, 0) is 50.4 Å². The number of piperidine rings is 1. The summed E-state index contributed by atoms with van der Waals surface area (Å²) in [4.78, 5) is 2.33. The van der Waals surface area contributed by atoms with Crippen LogP contribution in [-0.2, 0) is 0 Å². The summed E-state index contributed by atoms with van der Waals surface area (Å²) in [6.45, 7) is 10.5. The number of aryl methyl sites for hydroxylation is 1. The minimum atomic E-state index is -0.105. The van der Waals surface area contributed by atoms with E-state index in [1.165, 1.54) is 0 Å². The second-order valence-corrected chi connectivity index (χ2v) is 5.68. The quantitative estimate of drug-likeness (QED) is 0.900. The van der Waals surface area contributed by atoms with Gasteiger partial charge in [-0.1, -0.05) is 19.9 Å². The van der Waals surface area contributed by atoms with Crippen LogP contribution in [0.3, 0.4) is 0 Å². The highest BCUT2D eigenvalue weighted by atomic mass is 19.1. The molecule has 3 atom stereocenters. The Morgan fingerprint density at radius 3 is 2.74 bits per heavy atom. The molecule has 1 heterocycles. The lowest BCUT2D eigenvalue weighted by atomic mass is 9.86. The summed E-state index contributed by atoms with van der Waals surface area (Å²) in [6, 6.07) is 6.59. The van der Waals surface area contributed by atoms with Gasteiger partial charge in [0.05, 0.1) is 0 Å². The molecule has 0 aromatic heterocycles. The molecular weight excluding hydrogens is 239 g/mol. The fraction of sp³-hybridized carbons (Fsp3) is 0.625. The summed E-state index contributed by atoms with van der Waals surface area (Å²) in [5, 5.41) is 3.56. The molecule has 1 fully saturated rings. The third-order valence-corrected chi connectivity index (χ3v) is 4.52. The third-order valence-electron chi connectivity index (χ3n) is 4.52. The van der Waals surface area contributed by atoms with E-state index in [-0.39, 0.29) is 5.82 Å². The van der Waals surface area contributed by atoms with Crippen LogP contribution in [0, 0.1) is 18.7 Å². The lowest BCUT2D eigenvalue weighted by Crippen LogP contribution is -2.53. The predicted octanol–water partition coefficient (Wildman–Crippen LogP) is 3.35. The molecule has 0 radical (unpaired) electrons. The molecule has 1 saturated heterocycles. The Hall–Kier alpha value is -1.09. The Morgan fingerprint density at radius 1 is 1.37 bits per heavy atom. The second kappa shape index (κ2) is 5.91. The molecule has 19 heavy (non-hydrogen) atoms. The number of hydrogen-bond acceptors (Lipinski definition) is 2. The first-order valence-corrected chi connectivity index (χ1v) is 7.30. The lowest BCUT2D eigenvalue weighted by molar-refractivity contribution is 0.274. The molecule has 0 spiro atoms. The van der Waals surface area contributed by atoms with Crippen LogP contribution >= 0.6 is 0 Å². The molecule has 0 bridgehead atoms. The molecule has 1 aliphatic heterocycles. The predicted molar refractivity (Wildman–Crippen MR) is 79.2 cm³/mol.